The fourth-order valence-corrected chi connectivity index (χ4v) is 2.13. The number of ether oxygens (including phenoxy) is 1. The van der Waals surface area contributed by atoms with Crippen molar-refractivity contribution in [3.05, 3.63) is 22.3 Å². The van der Waals surface area contributed by atoms with Crippen LogP contribution in [-0.4, -0.2) is 39.2 Å². The number of esters is 1. The lowest BCUT2D eigenvalue weighted by Crippen LogP contribution is -2.34. The third-order valence-electron chi connectivity index (χ3n) is 2.57. The van der Waals surface area contributed by atoms with E-state index in [9.17, 15) is 9.59 Å². The third kappa shape index (κ3) is 3.53. The van der Waals surface area contributed by atoms with Crippen LogP contribution in [0.3, 0.4) is 0 Å². The summed E-state index contributed by atoms with van der Waals surface area (Å²) >= 11 is 3.34. The van der Waals surface area contributed by atoms with Crippen molar-refractivity contribution in [1.82, 2.24) is 19.9 Å². The summed E-state index contributed by atoms with van der Waals surface area (Å²) in [7, 11) is 0. The molecule has 118 valence electrons. The Balaban J connectivity index is 2.36. The van der Waals surface area contributed by atoms with Crippen molar-refractivity contribution in [3.8, 4) is 0 Å². The smallest absolute Gasteiger partial charge is 0.357 e. The maximum Gasteiger partial charge on any atom is 0.357 e. The SMILES string of the molecule is CCOC(=O)c1ccc(Br)c2nc(NC(=O)NC(C)C)nn12. The van der Waals surface area contributed by atoms with Gasteiger partial charge in [0.05, 0.1) is 11.1 Å². The van der Waals surface area contributed by atoms with E-state index in [4.69, 9.17) is 4.74 Å². The zero-order chi connectivity index (χ0) is 16.3. The maximum absolute atomic E-state index is 11.9. The molecular formula is C13H16BrN5O3. The van der Waals surface area contributed by atoms with Crippen LogP contribution < -0.4 is 10.6 Å². The number of anilines is 1. The molecule has 9 heteroatoms. The van der Waals surface area contributed by atoms with Crippen LogP contribution in [0.5, 0.6) is 0 Å². The Morgan fingerprint density at radius 2 is 2.14 bits per heavy atom. The second kappa shape index (κ2) is 6.73. The predicted molar refractivity (Wildman–Crippen MR) is 83.9 cm³/mol. The Labute approximate surface area is 135 Å². The molecule has 0 saturated carbocycles. The number of carbonyl (C=O) groups excluding carboxylic acids is 2. The topological polar surface area (TPSA) is 97.6 Å². The highest BCUT2D eigenvalue weighted by Gasteiger charge is 2.17. The summed E-state index contributed by atoms with van der Waals surface area (Å²) in [6, 6.07) is 2.81. The van der Waals surface area contributed by atoms with Crippen LogP contribution in [0.25, 0.3) is 5.65 Å². The molecule has 2 rings (SSSR count). The fourth-order valence-electron chi connectivity index (χ4n) is 1.74. The van der Waals surface area contributed by atoms with E-state index in [-0.39, 0.29) is 24.3 Å². The van der Waals surface area contributed by atoms with E-state index >= 15 is 0 Å². The molecule has 0 bridgehead atoms. The van der Waals surface area contributed by atoms with Gasteiger partial charge in [0.1, 0.15) is 0 Å². The minimum absolute atomic E-state index is 0.0149. The van der Waals surface area contributed by atoms with Crippen LogP contribution in [-0.2, 0) is 4.74 Å². The molecule has 0 atom stereocenters. The first kappa shape index (κ1) is 16.2. The molecule has 0 radical (unpaired) electrons. The van der Waals surface area contributed by atoms with E-state index in [2.05, 4.69) is 36.6 Å². The summed E-state index contributed by atoms with van der Waals surface area (Å²) in [5, 5.41) is 9.31. The quantitative estimate of drug-likeness (QED) is 0.805. The van der Waals surface area contributed by atoms with Gasteiger partial charge in [-0.3, -0.25) is 5.32 Å². The number of hydrogen-bond acceptors (Lipinski definition) is 5. The molecule has 0 fully saturated rings. The highest BCUT2D eigenvalue weighted by molar-refractivity contribution is 9.10. The Morgan fingerprint density at radius 1 is 1.41 bits per heavy atom. The van der Waals surface area contributed by atoms with E-state index in [1.807, 2.05) is 13.8 Å². The van der Waals surface area contributed by atoms with Crippen LogP contribution in [0, 0.1) is 0 Å². The van der Waals surface area contributed by atoms with E-state index in [1.165, 1.54) is 4.52 Å². The average Bonchev–Trinajstić information content (AvgIpc) is 2.82. The van der Waals surface area contributed by atoms with Crippen LogP contribution >= 0.6 is 15.9 Å². The molecule has 8 nitrogen and oxygen atoms in total. The minimum atomic E-state index is -0.511. The highest BCUT2D eigenvalue weighted by atomic mass is 79.9. The van der Waals surface area contributed by atoms with Gasteiger partial charge in [0.2, 0.25) is 0 Å². The zero-order valence-electron chi connectivity index (χ0n) is 12.4. The summed E-state index contributed by atoms with van der Waals surface area (Å²) in [6.07, 6.45) is 0. The van der Waals surface area contributed by atoms with E-state index in [0.29, 0.717) is 10.1 Å². The van der Waals surface area contributed by atoms with Crippen LogP contribution in [0.1, 0.15) is 31.3 Å². The lowest BCUT2D eigenvalue weighted by atomic mass is 10.3. The summed E-state index contributed by atoms with van der Waals surface area (Å²) < 4.78 is 6.95. The monoisotopic (exact) mass is 369 g/mol. The number of nitrogens with one attached hydrogen (secondary N) is 2. The van der Waals surface area contributed by atoms with Crippen molar-refractivity contribution in [2.75, 3.05) is 11.9 Å². The number of carbonyl (C=O) groups is 2. The number of pyridine rings is 1. The normalized spacial score (nSPS) is 10.8. The summed E-state index contributed by atoms with van der Waals surface area (Å²) in [4.78, 5) is 27.8. The molecule has 2 amide bonds. The average molecular weight is 370 g/mol. The Morgan fingerprint density at radius 3 is 2.77 bits per heavy atom. The van der Waals surface area contributed by atoms with E-state index in [1.54, 1.807) is 19.1 Å². The Bertz CT molecular complexity index is 713. The number of halogens is 1. The summed E-state index contributed by atoms with van der Waals surface area (Å²) in [6.45, 7) is 5.66. The molecule has 2 N–H and O–H groups in total. The van der Waals surface area contributed by atoms with Crippen molar-refractivity contribution in [3.63, 3.8) is 0 Å². The van der Waals surface area contributed by atoms with Gasteiger partial charge >= 0.3 is 12.0 Å². The number of nitrogens with zero attached hydrogens (tertiary/aromatic N) is 3. The second-order valence-corrected chi connectivity index (χ2v) is 5.57. The number of rotatable bonds is 4. The van der Waals surface area contributed by atoms with E-state index in [0.717, 1.165) is 0 Å². The third-order valence-corrected chi connectivity index (χ3v) is 3.19. The van der Waals surface area contributed by atoms with Gasteiger partial charge in [0.15, 0.2) is 11.3 Å². The van der Waals surface area contributed by atoms with Gasteiger partial charge in [0.25, 0.3) is 5.95 Å². The van der Waals surface area contributed by atoms with Crippen molar-refractivity contribution >= 4 is 39.5 Å². The van der Waals surface area contributed by atoms with Crippen molar-refractivity contribution < 1.29 is 14.3 Å². The number of fused-ring (bicyclic) bond motifs is 1. The fraction of sp³-hybridized carbons (Fsp3) is 0.385. The first-order valence-corrected chi connectivity index (χ1v) is 7.51. The second-order valence-electron chi connectivity index (χ2n) is 4.71. The largest absolute Gasteiger partial charge is 0.461 e. The molecule has 0 aliphatic rings. The molecule has 0 unspecified atom stereocenters. The molecule has 0 spiro atoms. The highest BCUT2D eigenvalue weighted by Crippen LogP contribution is 2.20. The minimum Gasteiger partial charge on any atom is -0.461 e. The van der Waals surface area contributed by atoms with Gasteiger partial charge in [-0.25, -0.2) is 14.1 Å². The van der Waals surface area contributed by atoms with E-state index < -0.39 is 12.0 Å². The lowest BCUT2D eigenvalue weighted by Gasteiger charge is -2.07. The van der Waals surface area contributed by atoms with Gasteiger partial charge in [0, 0.05) is 6.04 Å². The van der Waals surface area contributed by atoms with Crippen molar-refractivity contribution in [1.29, 1.82) is 0 Å². The molecule has 2 heterocycles. The van der Waals surface area contributed by atoms with Crippen molar-refractivity contribution in [2.24, 2.45) is 0 Å². The lowest BCUT2D eigenvalue weighted by molar-refractivity contribution is 0.0516. The van der Waals surface area contributed by atoms with Gasteiger partial charge in [-0.2, -0.15) is 4.98 Å². The Hall–Kier alpha value is -2.16. The van der Waals surface area contributed by atoms with Crippen LogP contribution in [0.15, 0.2) is 16.6 Å². The molecule has 0 aliphatic carbocycles. The first-order valence-electron chi connectivity index (χ1n) is 6.72. The first-order chi connectivity index (χ1) is 10.4. The summed E-state index contributed by atoms with van der Waals surface area (Å²) in [5.41, 5.74) is 0.635. The molecule has 22 heavy (non-hydrogen) atoms. The molecule has 2 aromatic heterocycles. The maximum atomic E-state index is 11.9. The number of hydrogen-bond donors (Lipinski definition) is 2. The van der Waals surface area contributed by atoms with Gasteiger partial charge in [-0.1, -0.05) is 0 Å². The number of urea groups is 1. The van der Waals surface area contributed by atoms with Gasteiger partial charge in [-0.15, -0.1) is 5.10 Å². The van der Waals surface area contributed by atoms with Gasteiger partial charge < -0.3 is 10.1 Å². The Kier molecular flexibility index (Phi) is 4.96. The zero-order valence-corrected chi connectivity index (χ0v) is 14.0. The molecular weight excluding hydrogens is 354 g/mol. The van der Waals surface area contributed by atoms with Crippen molar-refractivity contribution in [2.45, 2.75) is 26.8 Å². The number of aromatic nitrogens is 3. The predicted octanol–water partition coefficient (Wildman–Crippen LogP) is 2.20. The van der Waals surface area contributed by atoms with Crippen LogP contribution in [0.2, 0.25) is 0 Å². The van der Waals surface area contributed by atoms with Crippen LogP contribution in [0.4, 0.5) is 10.7 Å². The standard InChI is InChI=1S/C13H16BrN5O3/c1-4-22-11(20)9-6-5-8(14)10-16-12(18-19(9)10)17-13(21)15-7(2)3/h5-7H,4H2,1-3H3,(H2,15,17,18,21). The molecule has 0 aliphatic heterocycles. The molecule has 0 saturated heterocycles. The summed E-state index contributed by atoms with van der Waals surface area (Å²) in [5.74, 6) is -0.418. The molecule has 0 aromatic carbocycles. The molecule has 2 aromatic rings. The van der Waals surface area contributed by atoms with Gasteiger partial charge in [-0.05, 0) is 48.8 Å². The number of amides is 2.